The number of carbonyl (C=O) groups excluding carboxylic acids is 5. The van der Waals surface area contributed by atoms with Crippen LogP contribution in [0.5, 0.6) is 0 Å². The lowest BCUT2D eigenvalue weighted by molar-refractivity contribution is -0.199. The molecule has 16 nitrogen and oxygen atoms in total. The Hall–Kier alpha value is -2.83. The highest BCUT2D eigenvalue weighted by molar-refractivity contribution is 6.46. The van der Waals surface area contributed by atoms with E-state index in [1.807, 2.05) is 27.7 Å². The van der Waals surface area contributed by atoms with E-state index in [2.05, 4.69) is 66.5 Å². The van der Waals surface area contributed by atoms with Crippen LogP contribution < -0.4 is 43.4 Å². The molecule has 2 bridgehead atoms. The van der Waals surface area contributed by atoms with Crippen molar-refractivity contribution in [1.82, 2.24) is 31.9 Å². The average molecular weight is 869 g/mol. The van der Waals surface area contributed by atoms with Crippen LogP contribution in [-0.2, 0) is 33.3 Å². The van der Waals surface area contributed by atoms with Gasteiger partial charge >= 0.3 is 7.12 Å². The van der Waals surface area contributed by atoms with Crippen molar-refractivity contribution in [2.45, 2.75) is 189 Å². The predicted octanol–water partition coefficient (Wildman–Crippen LogP) is 3.22. The van der Waals surface area contributed by atoms with Gasteiger partial charge in [-0.1, -0.05) is 93.9 Å². The molecule has 4 rings (SSSR count). The number of amides is 5. The lowest BCUT2D eigenvalue weighted by Gasteiger charge is -2.64. The third-order valence-electron chi connectivity index (χ3n) is 11.8. The monoisotopic (exact) mass is 869 g/mol. The van der Waals surface area contributed by atoms with Gasteiger partial charge in [-0.3, -0.25) is 24.0 Å². The van der Waals surface area contributed by atoms with E-state index in [4.69, 9.17) is 20.8 Å². The molecule has 0 spiro atoms. The Labute approximate surface area is 369 Å². The maximum atomic E-state index is 13.2. The van der Waals surface area contributed by atoms with Gasteiger partial charge in [0, 0.05) is 13.0 Å². The molecule has 3 saturated carbocycles. The van der Waals surface area contributed by atoms with E-state index in [1.165, 1.54) is 45.4 Å². The molecule has 4 fully saturated rings. The first-order valence-electron chi connectivity index (χ1n) is 23.7. The zero-order valence-corrected chi connectivity index (χ0v) is 39.9. The third kappa shape index (κ3) is 20.9. The molecule has 17 heteroatoms. The summed E-state index contributed by atoms with van der Waals surface area (Å²) in [6.45, 7) is 22.0. The van der Waals surface area contributed by atoms with Gasteiger partial charge in [0.15, 0.2) is 0 Å². The van der Waals surface area contributed by atoms with E-state index in [0.717, 1.165) is 38.8 Å². The first kappa shape index (κ1) is 58.2. The van der Waals surface area contributed by atoms with Gasteiger partial charge in [-0.15, -0.1) is 0 Å². The third-order valence-corrected chi connectivity index (χ3v) is 11.8. The number of nitrogens with two attached hydrogens (primary N) is 2. The molecule has 0 aromatic rings. The molecule has 5 unspecified atom stereocenters. The van der Waals surface area contributed by atoms with Crippen molar-refractivity contribution in [3.8, 4) is 0 Å². The van der Waals surface area contributed by atoms with Crippen molar-refractivity contribution in [2.75, 3.05) is 45.7 Å². The summed E-state index contributed by atoms with van der Waals surface area (Å²) in [5.41, 5.74) is 10.6. The number of aliphatic hydroxyl groups excluding tert-OH is 1. The van der Waals surface area contributed by atoms with Crippen molar-refractivity contribution in [3.05, 3.63) is 0 Å². The second kappa shape index (κ2) is 32.8. The number of nitrogens with one attached hydrogen (secondary N) is 6. The zero-order valence-electron chi connectivity index (χ0n) is 39.9. The number of hydrogen-bond acceptors (Lipinski definition) is 11. The van der Waals surface area contributed by atoms with Crippen molar-refractivity contribution in [3.63, 3.8) is 0 Å². The fraction of sp³-hybridized carbons (Fsp3) is 0.886. The van der Waals surface area contributed by atoms with Crippen LogP contribution in [0.3, 0.4) is 0 Å². The smallest absolute Gasteiger partial charge is 0.404 e. The molecule has 0 aromatic heterocycles. The first-order valence-corrected chi connectivity index (χ1v) is 23.7. The second-order valence-electron chi connectivity index (χ2n) is 16.7. The van der Waals surface area contributed by atoms with Crippen molar-refractivity contribution in [2.24, 2.45) is 28.7 Å². The van der Waals surface area contributed by atoms with Crippen molar-refractivity contribution in [1.29, 1.82) is 0 Å². The van der Waals surface area contributed by atoms with Gasteiger partial charge < -0.3 is 57.8 Å². The standard InChI is InChI=1S/C36H66BN7O8.C4H11N.2C2H6/c1-6-7-8-9-10-13-17-39-18-15-29(46)40-21-31(48)44-32(24(2)45)34(50)41-22-30(47)43-26(14-11-12-16-38)33(49)42-23-37-51-28-20-25-19-27(35(25,3)4)36(28,5)52-37;1-2-3-4-5;2*1-2/h24-28,32,39,45H,6-23,38H2,1-5H3,(H,40,46)(H,41,50)(H,42,49)(H,43,47)(H,44,48);2-5H2,1H3;2*1-2H3/t24?,25?,26?,27?,28-,32?,36+;;;/m1.../s1. The van der Waals surface area contributed by atoms with Gasteiger partial charge in [0.2, 0.25) is 29.5 Å². The second-order valence-corrected chi connectivity index (χ2v) is 16.7. The van der Waals surface area contributed by atoms with Gasteiger partial charge in [0.05, 0.1) is 37.3 Å². The van der Waals surface area contributed by atoms with Gasteiger partial charge in [-0.2, -0.15) is 0 Å². The van der Waals surface area contributed by atoms with E-state index in [9.17, 15) is 29.1 Å². The van der Waals surface area contributed by atoms with Crippen molar-refractivity contribution < 1.29 is 38.4 Å². The van der Waals surface area contributed by atoms with Crippen LogP contribution >= 0.6 is 0 Å². The van der Waals surface area contributed by atoms with Crippen LogP contribution in [0.2, 0.25) is 0 Å². The lowest BCUT2D eigenvalue weighted by atomic mass is 9.43. The van der Waals surface area contributed by atoms with Gasteiger partial charge in [0.25, 0.3) is 0 Å². The normalized spacial score (nSPS) is 21.7. The summed E-state index contributed by atoms with van der Waals surface area (Å²) in [7, 11) is -0.591. The van der Waals surface area contributed by atoms with E-state index in [-0.39, 0.29) is 36.8 Å². The predicted molar refractivity (Wildman–Crippen MR) is 245 cm³/mol. The highest BCUT2D eigenvalue weighted by atomic mass is 16.7. The van der Waals surface area contributed by atoms with Gasteiger partial charge in [0.1, 0.15) is 12.1 Å². The summed E-state index contributed by atoms with van der Waals surface area (Å²) in [6.07, 6.45) is 12.2. The highest BCUT2D eigenvalue weighted by Crippen LogP contribution is 2.65. The van der Waals surface area contributed by atoms with Crippen LogP contribution in [-0.4, -0.2) is 117 Å². The van der Waals surface area contributed by atoms with Gasteiger partial charge in [-0.25, -0.2) is 0 Å². The topological polar surface area (TPSA) is 248 Å². The van der Waals surface area contributed by atoms with Crippen LogP contribution in [0, 0.1) is 17.3 Å². The molecule has 11 N–H and O–H groups in total. The molecule has 0 aromatic carbocycles. The van der Waals surface area contributed by atoms with Crippen LogP contribution in [0.1, 0.15) is 159 Å². The van der Waals surface area contributed by atoms with Crippen molar-refractivity contribution >= 4 is 36.7 Å². The summed E-state index contributed by atoms with van der Waals surface area (Å²) >= 11 is 0. The molecule has 4 aliphatic rings. The molecular formula is C44H89BN8O8. The van der Waals surface area contributed by atoms with E-state index >= 15 is 0 Å². The maximum absolute atomic E-state index is 13.2. The molecule has 1 aliphatic heterocycles. The molecule has 5 amide bonds. The Morgan fingerprint density at radius 3 is 1.93 bits per heavy atom. The minimum absolute atomic E-state index is 0.0178. The maximum Gasteiger partial charge on any atom is 0.478 e. The zero-order chi connectivity index (χ0) is 46.4. The molecule has 1 heterocycles. The Morgan fingerprint density at radius 2 is 1.34 bits per heavy atom. The number of carbonyl (C=O) groups is 5. The summed E-state index contributed by atoms with van der Waals surface area (Å²) in [4.78, 5) is 63.6. The lowest BCUT2D eigenvalue weighted by Crippen LogP contribution is -2.65. The first-order chi connectivity index (χ1) is 29.1. The Balaban J connectivity index is 0.00000366. The molecule has 7 atom stereocenters. The van der Waals surface area contributed by atoms with Gasteiger partial charge in [-0.05, 0) is 95.7 Å². The fourth-order valence-corrected chi connectivity index (χ4v) is 8.09. The number of hydrogen-bond donors (Lipinski definition) is 9. The Kier molecular flexibility index (Phi) is 31.3. The average Bonchev–Trinajstić information content (AvgIpc) is 3.60. The van der Waals surface area contributed by atoms with E-state index in [1.54, 1.807) is 0 Å². The minimum Gasteiger partial charge on any atom is -0.404 e. The van der Waals surface area contributed by atoms with E-state index < -0.39 is 61.1 Å². The summed E-state index contributed by atoms with van der Waals surface area (Å²) in [5.74, 6) is -1.81. The minimum atomic E-state index is -1.37. The molecule has 61 heavy (non-hydrogen) atoms. The molecule has 356 valence electrons. The molecule has 3 aliphatic carbocycles. The molecule has 1 saturated heterocycles. The SMILES string of the molecule is CC.CC.CCCCCCCCNCCC(=O)NCC(=O)NC(C(=O)NCC(=O)NC(CCCCN)C(=O)NCB1O[C@@H]2CC3CC(C3(C)C)[C@]2(C)O1)C(C)O.CCCCN. The summed E-state index contributed by atoms with van der Waals surface area (Å²) < 4.78 is 12.6. The largest absolute Gasteiger partial charge is 0.478 e. The number of aliphatic hydroxyl groups is 1. The van der Waals surface area contributed by atoms with E-state index in [0.29, 0.717) is 44.2 Å². The number of unbranched alkanes of at least 4 members (excludes halogenated alkanes) is 7. The fourth-order valence-electron chi connectivity index (χ4n) is 8.09. The molecular weight excluding hydrogens is 779 g/mol. The molecule has 0 radical (unpaired) electrons. The summed E-state index contributed by atoms with van der Waals surface area (Å²) in [5, 5.41) is 26.3. The Morgan fingerprint density at radius 1 is 0.738 bits per heavy atom. The number of rotatable bonds is 27. The Bertz CT molecular complexity index is 1250. The van der Waals surface area contributed by atoms with Crippen LogP contribution in [0.15, 0.2) is 0 Å². The van der Waals surface area contributed by atoms with Crippen LogP contribution in [0.25, 0.3) is 0 Å². The van der Waals surface area contributed by atoms with Crippen LogP contribution in [0.4, 0.5) is 0 Å². The summed E-state index contributed by atoms with van der Waals surface area (Å²) in [6, 6.07) is -2.25. The quantitative estimate of drug-likeness (QED) is 0.0429. The highest BCUT2D eigenvalue weighted by Gasteiger charge is 2.67.